The van der Waals surface area contributed by atoms with Gasteiger partial charge in [0, 0.05) is 0 Å². The van der Waals surface area contributed by atoms with Crippen molar-refractivity contribution in [2.45, 2.75) is 20.3 Å². The van der Waals surface area contributed by atoms with E-state index in [-0.39, 0.29) is 0 Å². The molecule has 0 fully saturated rings. The summed E-state index contributed by atoms with van der Waals surface area (Å²) in [5.74, 6) is 0. The highest BCUT2D eigenvalue weighted by molar-refractivity contribution is 4.65. The van der Waals surface area contributed by atoms with Crippen LogP contribution in [0.2, 0.25) is 0 Å². The van der Waals surface area contributed by atoms with Crippen molar-refractivity contribution in [3.63, 3.8) is 0 Å². The zero-order valence-corrected chi connectivity index (χ0v) is 3.86. The van der Waals surface area contributed by atoms with E-state index in [1.54, 1.807) is 0 Å². The molecule has 0 aromatic carbocycles. The van der Waals surface area contributed by atoms with Crippen LogP contribution >= 0.6 is 0 Å². The molecule has 0 rings (SSSR count). The third kappa shape index (κ3) is 4.00. The molecule has 0 nitrogen and oxygen atoms in total. The zero-order valence-electron chi connectivity index (χ0n) is 3.86. The number of hydrogen-bond donors (Lipinski definition) is 0. The van der Waals surface area contributed by atoms with E-state index >= 15 is 0 Å². The lowest BCUT2D eigenvalue weighted by atomic mass is 10.3. The van der Waals surface area contributed by atoms with Gasteiger partial charge in [-0.3, -0.25) is 0 Å². The van der Waals surface area contributed by atoms with Crippen LogP contribution in [0.15, 0.2) is 0 Å². The number of rotatable bonds is 2. The van der Waals surface area contributed by atoms with Crippen molar-refractivity contribution in [3.05, 3.63) is 12.8 Å². The van der Waals surface area contributed by atoms with Crippen molar-refractivity contribution in [2.75, 3.05) is 0 Å². The van der Waals surface area contributed by atoms with Gasteiger partial charge in [-0.2, -0.15) is 0 Å². The van der Waals surface area contributed by atoms with Crippen LogP contribution in [0.25, 0.3) is 0 Å². The normalized spacial score (nSPS) is 8.40. The fourth-order valence-electron chi connectivity index (χ4n) is 0.236. The van der Waals surface area contributed by atoms with Crippen molar-refractivity contribution in [1.29, 1.82) is 0 Å². The molecule has 0 aromatic rings. The molecule has 0 N–H and O–H groups in total. The van der Waals surface area contributed by atoms with E-state index in [0.29, 0.717) is 0 Å². The molecule has 0 saturated carbocycles. The van der Waals surface area contributed by atoms with E-state index in [4.69, 9.17) is 0 Å². The lowest BCUT2D eigenvalue weighted by Crippen LogP contribution is -1.62. The van der Waals surface area contributed by atoms with Gasteiger partial charge >= 0.3 is 0 Å². The molecule has 0 aliphatic rings. The number of hydrogen-bond acceptors (Lipinski definition) is 0. The molecule has 0 atom stereocenters. The average molecular weight is 70.1 g/mol. The second-order valence-corrected chi connectivity index (χ2v) is 1.05. The Hall–Kier alpha value is 0. The molecular formula is C5H10. The largest absolute Gasteiger partial charge is 0.0622 e. The maximum absolute atomic E-state index is 2.12. The van der Waals surface area contributed by atoms with Gasteiger partial charge < -0.3 is 0 Å². The van der Waals surface area contributed by atoms with Gasteiger partial charge in [0.15, 0.2) is 0 Å². The van der Waals surface area contributed by atoms with Crippen molar-refractivity contribution in [3.8, 4) is 0 Å². The van der Waals surface area contributed by atoms with Gasteiger partial charge in [0.2, 0.25) is 0 Å². The smallest absolute Gasteiger partial charge is 0.0414 e. The van der Waals surface area contributed by atoms with E-state index in [1.807, 2.05) is 0 Å². The molecular weight excluding hydrogens is 60.1 g/mol. The first-order chi connectivity index (χ1) is 2.41. The van der Waals surface area contributed by atoms with E-state index in [2.05, 4.69) is 26.7 Å². The molecule has 0 aliphatic heterocycles. The van der Waals surface area contributed by atoms with Crippen molar-refractivity contribution >= 4 is 0 Å². The Morgan fingerprint density at radius 2 is 1.60 bits per heavy atom. The number of unbranched alkanes of at least 4 members (excludes halogenated alkanes) is 2. The topological polar surface area (TPSA) is 0 Å². The average Bonchev–Trinajstić information content (AvgIpc) is 1.41. The minimum atomic E-state index is 1.14. The molecule has 5 heavy (non-hydrogen) atoms. The molecule has 0 bridgehead atoms. The second-order valence-electron chi connectivity index (χ2n) is 1.05. The van der Waals surface area contributed by atoms with E-state index < -0.39 is 0 Å². The van der Waals surface area contributed by atoms with Crippen molar-refractivity contribution in [2.24, 2.45) is 0 Å². The van der Waals surface area contributed by atoms with Gasteiger partial charge in [-0.1, -0.05) is 13.8 Å². The maximum Gasteiger partial charge on any atom is -0.0414 e. The monoisotopic (exact) mass is 70.1 g/mol. The molecule has 2 radical (unpaired) electrons. The highest BCUT2D eigenvalue weighted by Crippen LogP contribution is 1.85. The molecule has 0 aliphatic carbocycles. The molecule has 0 saturated heterocycles. The predicted molar refractivity (Wildman–Crippen MR) is 24.6 cm³/mol. The van der Waals surface area contributed by atoms with Gasteiger partial charge in [0.05, 0.1) is 0 Å². The summed E-state index contributed by atoms with van der Waals surface area (Å²) in [6, 6.07) is 0. The molecule has 30 valence electrons. The van der Waals surface area contributed by atoms with Crippen LogP contribution in [0.4, 0.5) is 0 Å². The van der Waals surface area contributed by atoms with E-state index in [9.17, 15) is 0 Å². The van der Waals surface area contributed by atoms with Gasteiger partial charge in [-0.05, 0) is 19.3 Å². The summed E-state index contributed by atoms with van der Waals surface area (Å²) in [7, 11) is 0. The Bertz CT molecular complexity index is 7.51. The Morgan fingerprint density at radius 3 is 1.60 bits per heavy atom. The first-order valence-corrected chi connectivity index (χ1v) is 1.97. The molecule has 0 heteroatoms. The Balaban J connectivity index is 2.19. The van der Waals surface area contributed by atoms with Crippen LogP contribution in [0.3, 0.4) is 0 Å². The summed E-state index contributed by atoms with van der Waals surface area (Å²) in [4.78, 5) is 0. The molecule has 0 aromatic heterocycles. The van der Waals surface area contributed by atoms with Crippen LogP contribution in [-0.2, 0) is 0 Å². The summed E-state index contributed by atoms with van der Waals surface area (Å²) < 4.78 is 0. The summed E-state index contributed by atoms with van der Waals surface area (Å²) in [6.07, 6.45) is 5.39. The Kier molecular flexibility index (Phi) is 4.00. The van der Waals surface area contributed by atoms with E-state index in [1.165, 1.54) is 0 Å². The third-order valence-electron chi connectivity index (χ3n) is 0.471. The first kappa shape index (κ1) is 5.00. The summed E-state index contributed by atoms with van der Waals surface area (Å²) >= 11 is 0. The molecule has 0 amide bonds. The molecule has 0 heterocycles. The quantitative estimate of drug-likeness (QED) is 0.465. The van der Waals surface area contributed by atoms with Gasteiger partial charge in [0.25, 0.3) is 0 Å². The Morgan fingerprint density at radius 1 is 1.20 bits per heavy atom. The minimum absolute atomic E-state index is 1.14. The first-order valence-electron chi connectivity index (χ1n) is 1.97. The summed E-state index contributed by atoms with van der Waals surface area (Å²) in [5.41, 5.74) is 0. The highest BCUT2D eigenvalue weighted by atomic mass is 13.7. The van der Waals surface area contributed by atoms with Crippen LogP contribution in [0.1, 0.15) is 20.3 Å². The van der Waals surface area contributed by atoms with Crippen molar-refractivity contribution < 1.29 is 0 Å². The maximum atomic E-state index is 2.12. The fourth-order valence-corrected chi connectivity index (χ4v) is 0.236. The predicted octanol–water partition coefficient (Wildman–Crippen LogP) is 1.82. The Labute approximate surface area is 34.2 Å². The molecule has 0 spiro atoms. The van der Waals surface area contributed by atoms with E-state index in [0.717, 1.165) is 6.42 Å². The van der Waals surface area contributed by atoms with Gasteiger partial charge in [-0.15, -0.1) is 0 Å². The van der Waals surface area contributed by atoms with Crippen LogP contribution < -0.4 is 0 Å². The SMILES string of the molecule is C[CH]C[CH]C. The lowest BCUT2D eigenvalue weighted by Gasteiger charge is -1.78. The summed E-state index contributed by atoms with van der Waals surface area (Å²) in [5, 5.41) is 0. The van der Waals surface area contributed by atoms with Gasteiger partial charge in [-0.25, -0.2) is 0 Å². The fraction of sp³-hybridized carbons (Fsp3) is 0.600. The van der Waals surface area contributed by atoms with Crippen LogP contribution in [-0.4, -0.2) is 0 Å². The van der Waals surface area contributed by atoms with Crippen LogP contribution in [0, 0.1) is 12.8 Å². The van der Waals surface area contributed by atoms with Gasteiger partial charge in [0.1, 0.15) is 0 Å². The standard InChI is InChI=1S/C5H10/c1-3-5-4-2/h3-4H,5H2,1-2H3. The van der Waals surface area contributed by atoms with Crippen molar-refractivity contribution in [1.82, 2.24) is 0 Å². The lowest BCUT2D eigenvalue weighted by molar-refractivity contribution is 1.10. The zero-order chi connectivity index (χ0) is 4.12. The minimum Gasteiger partial charge on any atom is -0.0622 e. The third-order valence-corrected chi connectivity index (χ3v) is 0.471. The van der Waals surface area contributed by atoms with Crippen LogP contribution in [0.5, 0.6) is 0 Å². The summed E-state index contributed by atoms with van der Waals surface area (Å²) in [6.45, 7) is 4.11. The highest BCUT2D eigenvalue weighted by Gasteiger charge is 1.69. The second kappa shape index (κ2) is 4.00. The molecule has 0 unspecified atom stereocenters.